The van der Waals surface area contributed by atoms with Crippen molar-refractivity contribution in [2.24, 2.45) is 0 Å². The highest BCUT2D eigenvalue weighted by atomic mass is 16.3. The van der Waals surface area contributed by atoms with E-state index in [-0.39, 0.29) is 11.3 Å². The third-order valence-electron chi connectivity index (χ3n) is 3.43. The monoisotopic (exact) mass is 294 g/mol. The first-order chi connectivity index (χ1) is 10.6. The standard InChI is InChI=1S/C17H14N2O3/c1-10-6-8-11(9-7-10)18-16(21)14-15(20)12-4-2-3-5-13(12)19-17(14)22/h2-9H,1H3,(H,18,21)(H2,19,20,22). The number of aromatic hydroxyl groups is 1. The molecule has 22 heavy (non-hydrogen) atoms. The zero-order chi connectivity index (χ0) is 15.7. The number of fused-ring (bicyclic) bond motifs is 1. The number of hydrogen-bond acceptors (Lipinski definition) is 3. The van der Waals surface area contributed by atoms with Crippen LogP contribution in [0, 0.1) is 6.92 Å². The Kier molecular flexibility index (Phi) is 3.39. The van der Waals surface area contributed by atoms with Gasteiger partial charge in [-0.25, -0.2) is 0 Å². The van der Waals surface area contributed by atoms with Crippen LogP contribution in [0.2, 0.25) is 0 Å². The van der Waals surface area contributed by atoms with Crippen molar-refractivity contribution in [3.05, 3.63) is 70.0 Å². The molecule has 0 saturated heterocycles. The van der Waals surface area contributed by atoms with E-state index in [1.54, 1.807) is 36.4 Å². The quantitative estimate of drug-likeness (QED) is 0.679. The van der Waals surface area contributed by atoms with Gasteiger partial charge in [-0.1, -0.05) is 29.8 Å². The first-order valence-electron chi connectivity index (χ1n) is 6.78. The molecule has 1 heterocycles. The highest BCUT2D eigenvalue weighted by Gasteiger charge is 2.19. The van der Waals surface area contributed by atoms with Crippen molar-refractivity contribution in [2.45, 2.75) is 6.92 Å². The van der Waals surface area contributed by atoms with Gasteiger partial charge in [0.2, 0.25) is 0 Å². The lowest BCUT2D eigenvalue weighted by molar-refractivity contribution is 0.102. The maximum Gasteiger partial charge on any atom is 0.265 e. The predicted molar refractivity (Wildman–Crippen MR) is 85.4 cm³/mol. The number of benzene rings is 2. The van der Waals surface area contributed by atoms with Crippen LogP contribution in [0.3, 0.4) is 0 Å². The molecule has 0 unspecified atom stereocenters. The van der Waals surface area contributed by atoms with Crippen LogP contribution in [0.5, 0.6) is 5.75 Å². The summed E-state index contributed by atoms with van der Waals surface area (Å²) in [6.45, 7) is 1.94. The topological polar surface area (TPSA) is 82.2 Å². The second-order valence-corrected chi connectivity index (χ2v) is 5.04. The summed E-state index contributed by atoms with van der Waals surface area (Å²) in [6.07, 6.45) is 0. The molecule has 3 aromatic rings. The summed E-state index contributed by atoms with van der Waals surface area (Å²) < 4.78 is 0. The zero-order valence-corrected chi connectivity index (χ0v) is 11.9. The molecule has 0 radical (unpaired) electrons. The number of carbonyl (C=O) groups excluding carboxylic acids is 1. The van der Waals surface area contributed by atoms with Crippen molar-refractivity contribution < 1.29 is 9.90 Å². The highest BCUT2D eigenvalue weighted by molar-refractivity contribution is 6.08. The fourth-order valence-electron chi connectivity index (χ4n) is 2.27. The molecular formula is C17H14N2O3. The Morgan fingerprint density at radius 3 is 2.50 bits per heavy atom. The van der Waals surface area contributed by atoms with Gasteiger partial charge in [0, 0.05) is 11.1 Å². The first-order valence-corrected chi connectivity index (χ1v) is 6.78. The minimum atomic E-state index is -0.645. The van der Waals surface area contributed by atoms with E-state index in [2.05, 4.69) is 10.3 Å². The van der Waals surface area contributed by atoms with Crippen molar-refractivity contribution in [1.82, 2.24) is 4.98 Å². The number of amides is 1. The van der Waals surface area contributed by atoms with Gasteiger partial charge >= 0.3 is 0 Å². The second-order valence-electron chi connectivity index (χ2n) is 5.04. The Morgan fingerprint density at radius 1 is 1.09 bits per heavy atom. The molecule has 0 aliphatic rings. The predicted octanol–water partition coefficient (Wildman–Crippen LogP) is 2.79. The third-order valence-corrected chi connectivity index (χ3v) is 3.43. The van der Waals surface area contributed by atoms with Gasteiger partial charge in [0.1, 0.15) is 11.3 Å². The fraction of sp³-hybridized carbons (Fsp3) is 0.0588. The summed E-state index contributed by atoms with van der Waals surface area (Å²) in [5, 5.41) is 13.3. The smallest absolute Gasteiger partial charge is 0.265 e. The number of aromatic amines is 1. The van der Waals surface area contributed by atoms with E-state index in [4.69, 9.17) is 0 Å². The van der Waals surface area contributed by atoms with E-state index in [0.717, 1.165) is 5.56 Å². The summed E-state index contributed by atoms with van der Waals surface area (Å²) in [6, 6.07) is 13.9. The molecule has 3 N–H and O–H groups in total. The van der Waals surface area contributed by atoms with Crippen LogP contribution < -0.4 is 10.9 Å². The fourth-order valence-corrected chi connectivity index (χ4v) is 2.27. The number of pyridine rings is 1. The maximum absolute atomic E-state index is 12.3. The van der Waals surface area contributed by atoms with E-state index >= 15 is 0 Å². The zero-order valence-electron chi connectivity index (χ0n) is 11.9. The lowest BCUT2D eigenvalue weighted by Gasteiger charge is -2.08. The van der Waals surface area contributed by atoms with Gasteiger partial charge in [-0.15, -0.1) is 0 Å². The molecule has 5 heteroatoms. The number of aryl methyl sites for hydroxylation is 1. The normalized spacial score (nSPS) is 10.6. The van der Waals surface area contributed by atoms with Crippen molar-refractivity contribution in [1.29, 1.82) is 0 Å². The Morgan fingerprint density at radius 2 is 1.77 bits per heavy atom. The van der Waals surface area contributed by atoms with Crippen molar-refractivity contribution >= 4 is 22.5 Å². The summed E-state index contributed by atoms with van der Waals surface area (Å²) in [4.78, 5) is 27.0. The van der Waals surface area contributed by atoms with Crippen molar-refractivity contribution in [3.8, 4) is 5.75 Å². The van der Waals surface area contributed by atoms with Gasteiger partial charge in [-0.2, -0.15) is 0 Å². The van der Waals surface area contributed by atoms with Crippen molar-refractivity contribution in [2.75, 3.05) is 5.32 Å². The summed E-state index contributed by atoms with van der Waals surface area (Å²) in [7, 11) is 0. The number of para-hydroxylation sites is 1. The van der Waals surface area contributed by atoms with Gasteiger partial charge in [0.25, 0.3) is 11.5 Å². The molecule has 0 fully saturated rings. The van der Waals surface area contributed by atoms with Crippen LogP contribution in [0.25, 0.3) is 10.9 Å². The van der Waals surface area contributed by atoms with E-state index in [1.165, 1.54) is 0 Å². The van der Waals surface area contributed by atoms with Crippen LogP contribution in [-0.4, -0.2) is 16.0 Å². The summed E-state index contributed by atoms with van der Waals surface area (Å²) in [5.74, 6) is -0.961. The average Bonchev–Trinajstić information content (AvgIpc) is 2.49. The van der Waals surface area contributed by atoms with E-state index in [1.807, 2.05) is 19.1 Å². The molecule has 110 valence electrons. The average molecular weight is 294 g/mol. The molecule has 0 spiro atoms. The summed E-state index contributed by atoms with van der Waals surface area (Å²) >= 11 is 0. The summed E-state index contributed by atoms with van der Waals surface area (Å²) in [5.41, 5.74) is 1.18. The van der Waals surface area contributed by atoms with E-state index in [9.17, 15) is 14.7 Å². The minimum Gasteiger partial charge on any atom is -0.506 e. The molecule has 2 aromatic carbocycles. The molecule has 1 amide bonds. The second kappa shape index (κ2) is 5.37. The lowest BCUT2D eigenvalue weighted by Crippen LogP contribution is -2.23. The SMILES string of the molecule is Cc1ccc(NC(=O)c2c(O)c3ccccc3[nH]c2=O)cc1. The largest absolute Gasteiger partial charge is 0.506 e. The van der Waals surface area contributed by atoms with Crippen molar-refractivity contribution in [3.63, 3.8) is 0 Å². The molecule has 3 rings (SSSR count). The van der Waals surface area contributed by atoms with Gasteiger partial charge < -0.3 is 15.4 Å². The van der Waals surface area contributed by atoms with E-state index < -0.39 is 11.5 Å². The van der Waals surface area contributed by atoms with Gasteiger partial charge in [-0.05, 0) is 31.2 Å². The molecule has 5 nitrogen and oxygen atoms in total. The molecule has 0 bridgehead atoms. The minimum absolute atomic E-state index is 0.292. The number of carbonyl (C=O) groups is 1. The van der Waals surface area contributed by atoms with Crippen LogP contribution in [-0.2, 0) is 0 Å². The van der Waals surface area contributed by atoms with Crippen LogP contribution in [0.4, 0.5) is 5.69 Å². The third kappa shape index (κ3) is 2.44. The van der Waals surface area contributed by atoms with Crippen LogP contribution in [0.1, 0.15) is 15.9 Å². The van der Waals surface area contributed by atoms with Crippen LogP contribution in [0.15, 0.2) is 53.3 Å². The molecule has 1 aromatic heterocycles. The Hall–Kier alpha value is -3.08. The number of aromatic nitrogens is 1. The highest BCUT2D eigenvalue weighted by Crippen LogP contribution is 2.25. The number of anilines is 1. The van der Waals surface area contributed by atoms with Crippen LogP contribution >= 0.6 is 0 Å². The Labute approximate surface area is 126 Å². The number of hydrogen-bond donors (Lipinski definition) is 3. The van der Waals surface area contributed by atoms with Gasteiger partial charge in [0.15, 0.2) is 0 Å². The maximum atomic E-state index is 12.3. The Balaban J connectivity index is 2.04. The number of nitrogens with one attached hydrogen (secondary N) is 2. The van der Waals surface area contributed by atoms with E-state index in [0.29, 0.717) is 16.6 Å². The molecule has 0 atom stereocenters. The molecule has 0 aliphatic heterocycles. The number of rotatable bonds is 2. The number of H-pyrrole nitrogens is 1. The Bertz CT molecular complexity index is 911. The van der Waals surface area contributed by atoms with Gasteiger partial charge in [0.05, 0.1) is 5.52 Å². The first kappa shape index (κ1) is 13.9. The lowest BCUT2D eigenvalue weighted by atomic mass is 10.1. The molecule has 0 saturated carbocycles. The molecular weight excluding hydrogens is 280 g/mol. The van der Waals surface area contributed by atoms with Gasteiger partial charge in [-0.3, -0.25) is 9.59 Å². The molecule has 0 aliphatic carbocycles.